The van der Waals surface area contributed by atoms with Crippen molar-refractivity contribution in [2.45, 2.75) is 50.4 Å². The van der Waals surface area contributed by atoms with Crippen LogP contribution in [0.5, 0.6) is 0 Å². The van der Waals surface area contributed by atoms with Gasteiger partial charge in [0.1, 0.15) is 10.9 Å². The maximum atomic E-state index is 13.2. The number of halogens is 1. The molecule has 1 N–H and O–H groups in total. The third-order valence-electron chi connectivity index (χ3n) is 6.85. The molecule has 2 fully saturated rings. The standard InChI is InChI=1S/C24H29ClN4O4S.H2S/c1-34(32,33)28-16-24(9-3-10-24)18-5-7-20(8-6-18)29-11-2-4-17(23(29)31)12-21(30)13-19-14-27-22(25)15-26-19;/h5-8,14-15,17,28H,2-4,9-13,16H2,1H3;1H2/t17-;/m1./s1. The Morgan fingerprint density at radius 3 is 2.46 bits per heavy atom. The highest BCUT2D eigenvalue weighted by Crippen LogP contribution is 2.44. The Balaban J connectivity index is 0.00000342. The third-order valence-corrected chi connectivity index (χ3v) is 7.71. The van der Waals surface area contributed by atoms with Crippen LogP contribution in [0.15, 0.2) is 36.7 Å². The highest BCUT2D eigenvalue weighted by Gasteiger charge is 2.39. The number of nitrogens with one attached hydrogen (secondary N) is 1. The number of benzene rings is 1. The van der Waals surface area contributed by atoms with Gasteiger partial charge in [0, 0.05) is 36.5 Å². The number of piperidine rings is 1. The van der Waals surface area contributed by atoms with Crippen molar-refractivity contribution in [3.05, 3.63) is 53.1 Å². The lowest BCUT2D eigenvalue weighted by Gasteiger charge is -2.42. The van der Waals surface area contributed by atoms with Gasteiger partial charge in [-0.2, -0.15) is 13.5 Å². The molecule has 1 saturated carbocycles. The van der Waals surface area contributed by atoms with Crippen LogP contribution in [-0.2, 0) is 31.4 Å². The molecular formula is C24H31ClN4O4S2. The van der Waals surface area contributed by atoms with Crippen LogP contribution in [-0.4, -0.2) is 49.4 Å². The van der Waals surface area contributed by atoms with E-state index in [0.29, 0.717) is 25.2 Å². The van der Waals surface area contributed by atoms with E-state index in [1.54, 1.807) is 4.90 Å². The van der Waals surface area contributed by atoms with E-state index in [0.717, 1.165) is 36.9 Å². The van der Waals surface area contributed by atoms with Gasteiger partial charge in [0.15, 0.2) is 0 Å². The monoisotopic (exact) mass is 538 g/mol. The van der Waals surface area contributed by atoms with Crippen LogP contribution < -0.4 is 9.62 Å². The van der Waals surface area contributed by atoms with Gasteiger partial charge in [-0.15, -0.1) is 0 Å². The van der Waals surface area contributed by atoms with Gasteiger partial charge in [0.25, 0.3) is 0 Å². The number of nitrogens with zero attached hydrogens (tertiary/aromatic N) is 3. The van der Waals surface area contributed by atoms with Gasteiger partial charge in [-0.25, -0.2) is 18.1 Å². The van der Waals surface area contributed by atoms with Crippen molar-refractivity contribution >= 4 is 52.5 Å². The normalized spacial score (nSPS) is 19.5. The summed E-state index contributed by atoms with van der Waals surface area (Å²) in [6, 6.07) is 7.86. The molecule has 0 radical (unpaired) electrons. The quantitative estimate of drug-likeness (QED) is 0.525. The van der Waals surface area contributed by atoms with Gasteiger partial charge in [0.05, 0.1) is 30.8 Å². The minimum absolute atomic E-state index is 0. The summed E-state index contributed by atoms with van der Waals surface area (Å²) in [6.45, 7) is 1.00. The molecule has 11 heteroatoms. The smallest absolute Gasteiger partial charge is 0.230 e. The summed E-state index contributed by atoms with van der Waals surface area (Å²) in [5.41, 5.74) is 2.24. The maximum absolute atomic E-state index is 13.2. The van der Waals surface area contributed by atoms with Crippen molar-refractivity contribution < 1.29 is 18.0 Å². The lowest BCUT2D eigenvalue weighted by Crippen LogP contribution is -2.45. The second kappa shape index (κ2) is 11.4. The number of hydrogen-bond donors (Lipinski definition) is 1. The van der Waals surface area contributed by atoms with E-state index in [1.807, 2.05) is 24.3 Å². The Kier molecular flexibility index (Phi) is 8.96. The van der Waals surface area contributed by atoms with Crippen molar-refractivity contribution in [1.29, 1.82) is 0 Å². The van der Waals surface area contributed by atoms with Crippen molar-refractivity contribution in [3.63, 3.8) is 0 Å². The molecule has 0 bridgehead atoms. The molecule has 0 unspecified atom stereocenters. The molecule has 1 saturated heterocycles. The summed E-state index contributed by atoms with van der Waals surface area (Å²) in [6.07, 6.45) is 8.82. The molecular weight excluding hydrogens is 508 g/mol. The van der Waals surface area contributed by atoms with E-state index in [2.05, 4.69) is 14.7 Å². The van der Waals surface area contributed by atoms with Crippen LogP contribution in [0.2, 0.25) is 5.15 Å². The molecule has 4 rings (SSSR count). The van der Waals surface area contributed by atoms with Crippen molar-refractivity contribution in [3.8, 4) is 0 Å². The highest BCUT2D eigenvalue weighted by molar-refractivity contribution is 7.88. The van der Waals surface area contributed by atoms with Gasteiger partial charge in [-0.05, 0) is 43.4 Å². The highest BCUT2D eigenvalue weighted by atomic mass is 35.5. The number of hydrogen-bond acceptors (Lipinski definition) is 6. The van der Waals surface area contributed by atoms with E-state index >= 15 is 0 Å². The van der Waals surface area contributed by atoms with Crippen molar-refractivity contribution in [2.75, 3.05) is 24.2 Å². The topological polar surface area (TPSA) is 109 Å². The molecule has 1 amide bonds. The first-order chi connectivity index (χ1) is 16.2. The number of ketones is 1. The first-order valence-electron chi connectivity index (χ1n) is 11.5. The molecule has 1 aromatic heterocycles. The van der Waals surface area contributed by atoms with E-state index in [1.165, 1.54) is 18.6 Å². The van der Waals surface area contributed by atoms with Crippen LogP contribution in [0, 0.1) is 5.92 Å². The lowest BCUT2D eigenvalue weighted by molar-refractivity contribution is -0.128. The summed E-state index contributed by atoms with van der Waals surface area (Å²) >= 11 is 5.74. The van der Waals surface area contributed by atoms with Crippen LogP contribution in [0.4, 0.5) is 5.69 Å². The molecule has 2 aromatic rings. The predicted octanol–water partition coefficient (Wildman–Crippen LogP) is 3.16. The Labute approximate surface area is 218 Å². The van der Waals surface area contributed by atoms with Crippen LogP contribution in [0.3, 0.4) is 0 Å². The second-order valence-electron chi connectivity index (χ2n) is 9.35. The zero-order valence-electron chi connectivity index (χ0n) is 19.7. The number of aromatic nitrogens is 2. The largest absolute Gasteiger partial charge is 0.312 e. The molecule has 0 spiro atoms. The van der Waals surface area contributed by atoms with E-state index in [4.69, 9.17) is 11.6 Å². The summed E-state index contributed by atoms with van der Waals surface area (Å²) in [7, 11) is -3.26. The molecule has 1 atom stereocenters. The fourth-order valence-electron chi connectivity index (χ4n) is 4.81. The summed E-state index contributed by atoms with van der Waals surface area (Å²) in [5.74, 6) is -0.428. The Morgan fingerprint density at radius 1 is 1.17 bits per heavy atom. The van der Waals surface area contributed by atoms with Gasteiger partial charge < -0.3 is 4.90 Å². The predicted molar refractivity (Wildman–Crippen MR) is 141 cm³/mol. The minimum Gasteiger partial charge on any atom is -0.312 e. The number of amides is 1. The Morgan fingerprint density at radius 2 is 1.89 bits per heavy atom. The molecule has 2 aliphatic rings. The number of carbonyl (C=O) groups is 2. The van der Waals surface area contributed by atoms with Crippen molar-refractivity contribution in [1.82, 2.24) is 14.7 Å². The zero-order chi connectivity index (χ0) is 24.3. The number of rotatable bonds is 9. The lowest BCUT2D eigenvalue weighted by atomic mass is 9.64. The molecule has 8 nitrogen and oxygen atoms in total. The summed E-state index contributed by atoms with van der Waals surface area (Å²) < 4.78 is 25.8. The second-order valence-corrected chi connectivity index (χ2v) is 11.6. The van der Waals surface area contributed by atoms with Gasteiger partial charge in [-0.1, -0.05) is 30.2 Å². The SMILES string of the molecule is CS(=O)(=O)NCC1(c2ccc(N3CCC[C@H](CC(=O)Cc4cnc(Cl)cn4)C3=O)cc2)CCC1.S. The number of sulfonamides is 1. The Bertz CT molecular complexity index is 1150. The average molecular weight is 539 g/mol. The van der Waals surface area contributed by atoms with Crippen LogP contribution >= 0.6 is 25.1 Å². The number of carbonyl (C=O) groups excluding carboxylic acids is 2. The summed E-state index contributed by atoms with van der Waals surface area (Å²) in [4.78, 5) is 35.5. The van der Waals surface area contributed by atoms with Gasteiger partial charge in [0.2, 0.25) is 15.9 Å². The van der Waals surface area contributed by atoms with E-state index < -0.39 is 10.0 Å². The molecule has 1 aliphatic heterocycles. The third kappa shape index (κ3) is 6.81. The van der Waals surface area contributed by atoms with Gasteiger partial charge in [-0.3, -0.25) is 14.6 Å². The van der Waals surface area contributed by atoms with Crippen molar-refractivity contribution in [2.24, 2.45) is 5.92 Å². The fourth-order valence-corrected chi connectivity index (χ4v) is 5.45. The number of anilines is 1. The molecule has 190 valence electrons. The molecule has 1 aliphatic carbocycles. The first kappa shape index (κ1) is 27.6. The number of Topliss-reactive ketones (excluding diaryl/α,β-unsaturated/α-hetero) is 1. The van der Waals surface area contributed by atoms with Crippen LogP contribution in [0.25, 0.3) is 0 Å². The minimum atomic E-state index is -3.26. The van der Waals surface area contributed by atoms with E-state index in [9.17, 15) is 18.0 Å². The van der Waals surface area contributed by atoms with Crippen LogP contribution in [0.1, 0.15) is 49.8 Å². The maximum Gasteiger partial charge on any atom is 0.230 e. The molecule has 35 heavy (non-hydrogen) atoms. The summed E-state index contributed by atoms with van der Waals surface area (Å²) in [5, 5.41) is 0.273. The Hall–Kier alpha value is -2.01. The molecule has 2 heterocycles. The average Bonchev–Trinajstić information content (AvgIpc) is 2.76. The molecule has 1 aromatic carbocycles. The van der Waals surface area contributed by atoms with E-state index in [-0.39, 0.29) is 54.5 Å². The van der Waals surface area contributed by atoms with Gasteiger partial charge >= 0.3 is 0 Å². The zero-order valence-corrected chi connectivity index (χ0v) is 22.2. The first-order valence-corrected chi connectivity index (χ1v) is 13.8. The fraction of sp³-hybridized carbons (Fsp3) is 0.500.